The van der Waals surface area contributed by atoms with Crippen molar-refractivity contribution in [1.29, 1.82) is 0 Å². The normalized spacial score (nSPS) is 13.8. The first-order chi connectivity index (χ1) is 9.47. The monoisotopic (exact) mass is 310 g/mol. The van der Waals surface area contributed by atoms with Crippen LogP contribution in [0.2, 0.25) is 0 Å². The molecule has 0 aliphatic rings. The highest BCUT2D eigenvalue weighted by atomic mass is 32.1. The molecular weight excluding hydrogens is 292 g/mol. The molecule has 0 radical (unpaired) electrons. The van der Waals surface area contributed by atoms with E-state index in [4.69, 9.17) is 0 Å². The number of aliphatic hydroxyl groups is 1. The Bertz CT molecular complexity index is 562. The Morgan fingerprint density at radius 1 is 1.35 bits per heavy atom. The summed E-state index contributed by atoms with van der Waals surface area (Å²) in [6, 6.07) is 7.50. The lowest BCUT2D eigenvalue weighted by molar-refractivity contribution is 0.0631. The molecule has 0 fully saturated rings. The summed E-state index contributed by atoms with van der Waals surface area (Å²) < 4.78 is 0. The molecule has 1 unspecified atom stereocenters. The van der Waals surface area contributed by atoms with Crippen molar-refractivity contribution in [1.82, 2.24) is 10.6 Å². The first-order valence-corrected chi connectivity index (χ1v) is 8.00. The van der Waals surface area contributed by atoms with Crippen molar-refractivity contribution in [2.75, 3.05) is 6.54 Å². The molecule has 2 amide bonds. The van der Waals surface area contributed by atoms with E-state index >= 15 is 0 Å². The van der Waals surface area contributed by atoms with Gasteiger partial charge in [-0.1, -0.05) is 6.07 Å². The van der Waals surface area contributed by atoms with Gasteiger partial charge in [-0.05, 0) is 37.4 Å². The summed E-state index contributed by atoms with van der Waals surface area (Å²) in [6.45, 7) is 4.42. The van der Waals surface area contributed by atoms with Gasteiger partial charge in [-0.15, -0.1) is 22.7 Å². The highest BCUT2D eigenvalue weighted by Crippen LogP contribution is 2.24. The van der Waals surface area contributed by atoms with E-state index in [1.807, 2.05) is 36.6 Å². The minimum atomic E-state index is -1.04. The average molecular weight is 310 g/mol. The van der Waals surface area contributed by atoms with Crippen LogP contribution in [0.25, 0.3) is 0 Å². The first-order valence-electron chi connectivity index (χ1n) is 6.31. The summed E-state index contributed by atoms with van der Waals surface area (Å²) in [5.74, 6) is 0. The molecule has 0 aliphatic heterocycles. The van der Waals surface area contributed by atoms with Gasteiger partial charge < -0.3 is 15.7 Å². The van der Waals surface area contributed by atoms with E-state index < -0.39 is 5.60 Å². The maximum atomic E-state index is 11.7. The number of hydrogen-bond donors (Lipinski definition) is 3. The second-order valence-electron chi connectivity index (χ2n) is 4.80. The summed E-state index contributed by atoms with van der Waals surface area (Å²) in [4.78, 5) is 14.9. The highest BCUT2D eigenvalue weighted by molar-refractivity contribution is 7.11. The Morgan fingerprint density at radius 3 is 2.75 bits per heavy atom. The molecule has 0 aliphatic carbocycles. The minimum Gasteiger partial charge on any atom is -0.383 e. The molecule has 0 saturated heterocycles. The number of urea groups is 1. The van der Waals surface area contributed by atoms with Crippen LogP contribution < -0.4 is 10.6 Å². The van der Waals surface area contributed by atoms with E-state index in [1.165, 1.54) is 16.2 Å². The second-order valence-corrected chi connectivity index (χ2v) is 7.12. The van der Waals surface area contributed by atoms with Gasteiger partial charge in [0.1, 0.15) is 5.60 Å². The van der Waals surface area contributed by atoms with Gasteiger partial charge in [-0.2, -0.15) is 0 Å². The quantitative estimate of drug-likeness (QED) is 0.795. The molecule has 0 bridgehead atoms. The molecule has 3 N–H and O–H groups in total. The van der Waals surface area contributed by atoms with E-state index in [9.17, 15) is 9.90 Å². The van der Waals surface area contributed by atoms with E-state index in [1.54, 1.807) is 18.3 Å². The van der Waals surface area contributed by atoms with Gasteiger partial charge >= 0.3 is 6.03 Å². The number of amides is 2. The van der Waals surface area contributed by atoms with Crippen LogP contribution in [-0.2, 0) is 12.1 Å². The fourth-order valence-corrected chi connectivity index (χ4v) is 3.35. The largest absolute Gasteiger partial charge is 0.383 e. The minimum absolute atomic E-state index is 0.183. The predicted molar refractivity (Wildman–Crippen MR) is 83.2 cm³/mol. The molecule has 2 heterocycles. The van der Waals surface area contributed by atoms with E-state index in [0.29, 0.717) is 6.54 Å². The lowest BCUT2D eigenvalue weighted by Gasteiger charge is -2.22. The molecule has 1 atom stereocenters. The van der Waals surface area contributed by atoms with Crippen molar-refractivity contribution in [3.8, 4) is 0 Å². The zero-order valence-corrected chi connectivity index (χ0v) is 13.1. The lowest BCUT2D eigenvalue weighted by atomic mass is 10.1. The smallest absolute Gasteiger partial charge is 0.315 e. The third-order valence-electron chi connectivity index (χ3n) is 2.86. The zero-order chi connectivity index (χ0) is 14.6. The van der Waals surface area contributed by atoms with Crippen LogP contribution in [-0.4, -0.2) is 17.7 Å². The van der Waals surface area contributed by atoms with Crippen LogP contribution >= 0.6 is 22.7 Å². The maximum Gasteiger partial charge on any atom is 0.315 e. The molecular formula is C14H18N2O2S2. The summed E-state index contributed by atoms with van der Waals surface area (Å²) in [6.07, 6.45) is 0. The Labute approximate surface area is 126 Å². The summed E-state index contributed by atoms with van der Waals surface area (Å²) in [5.41, 5.74) is -1.04. The van der Waals surface area contributed by atoms with Gasteiger partial charge in [0.05, 0.1) is 13.1 Å². The van der Waals surface area contributed by atoms with Crippen LogP contribution in [0, 0.1) is 6.92 Å². The highest BCUT2D eigenvalue weighted by Gasteiger charge is 2.24. The molecule has 20 heavy (non-hydrogen) atoms. The third-order valence-corrected chi connectivity index (χ3v) is 4.99. The molecule has 0 spiro atoms. The number of thiophene rings is 2. The molecule has 0 aromatic carbocycles. The second kappa shape index (κ2) is 6.39. The molecule has 4 nitrogen and oxygen atoms in total. The number of rotatable bonds is 5. The Kier molecular flexibility index (Phi) is 4.80. The average Bonchev–Trinajstić information content (AvgIpc) is 3.05. The van der Waals surface area contributed by atoms with Crippen molar-refractivity contribution in [3.05, 3.63) is 44.3 Å². The Balaban J connectivity index is 1.77. The van der Waals surface area contributed by atoms with Crippen LogP contribution in [0.15, 0.2) is 29.6 Å². The van der Waals surface area contributed by atoms with Gasteiger partial charge in [0.15, 0.2) is 0 Å². The van der Waals surface area contributed by atoms with Gasteiger partial charge in [0.25, 0.3) is 0 Å². The van der Waals surface area contributed by atoms with E-state index in [-0.39, 0.29) is 12.6 Å². The summed E-state index contributed by atoms with van der Waals surface area (Å²) in [7, 11) is 0. The van der Waals surface area contributed by atoms with Crippen molar-refractivity contribution >= 4 is 28.7 Å². The van der Waals surface area contributed by atoms with Crippen LogP contribution in [0.1, 0.15) is 21.6 Å². The van der Waals surface area contributed by atoms with Gasteiger partial charge in [-0.3, -0.25) is 0 Å². The van der Waals surface area contributed by atoms with Gasteiger partial charge in [-0.25, -0.2) is 4.79 Å². The third kappa shape index (κ3) is 4.06. The predicted octanol–water partition coefficient (Wildman–Crippen LogP) is 2.82. The maximum absolute atomic E-state index is 11.7. The standard InChI is InChI=1S/C14H18N2O2S2/c1-10-5-6-11(20-10)8-15-13(17)16-9-14(2,18)12-4-3-7-19-12/h3-7,18H,8-9H2,1-2H3,(H2,15,16,17). The van der Waals surface area contributed by atoms with E-state index in [0.717, 1.165) is 9.75 Å². The number of nitrogens with one attached hydrogen (secondary N) is 2. The van der Waals surface area contributed by atoms with Gasteiger partial charge in [0.2, 0.25) is 0 Å². The first kappa shape index (κ1) is 15.0. The van der Waals surface area contributed by atoms with Crippen LogP contribution in [0.5, 0.6) is 0 Å². The molecule has 0 saturated carbocycles. The van der Waals surface area contributed by atoms with Crippen molar-refractivity contribution in [2.24, 2.45) is 0 Å². The van der Waals surface area contributed by atoms with E-state index in [2.05, 4.69) is 10.6 Å². The van der Waals surface area contributed by atoms with Gasteiger partial charge in [0, 0.05) is 14.6 Å². The van der Waals surface area contributed by atoms with Crippen molar-refractivity contribution < 1.29 is 9.90 Å². The van der Waals surface area contributed by atoms with Crippen molar-refractivity contribution in [2.45, 2.75) is 26.0 Å². The van der Waals surface area contributed by atoms with Crippen LogP contribution in [0.4, 0.5) is 4.79 Å². The van der Waals surface area contributed by atoms with Crippen molar-refractivity contribution in [3.63, 3.8) is 0 Å². The summed E-state index contributed by atoms with van der Waals surface area (Å²) >= 11 is 3.14. The molecule has 2 aromatic rings. The summed E-state index contributed by atoms with van der Waals surface area (Å²) in [5, 5.41) is 17.7. The zero-order valence-electron chi connectivity index (χ0n) is 11.5. The fraction of sp³-hybridized carbons (Fsp3) is 0.357. The lowest BCUT2D eigenvalue weighted by Crippen LogP contribution is -2.42. The molecule has 108 valence electrons. The molecule has 2 aromatic heterocycles. The number of hydrogen-bond acceptors (Lipinski definition) is 4. The number of carbonyl (C=O) groups is 1. The topological polar surface area (TPSA) is 61.4 Å². The SMILES string of the molecule is Cc1ccc(CNC(=O)NCC(C)(O)c2cccs2)s1. The molecule has 6 heteroatoms. The Hall–Kier alpha value is -1.37. The fourth-order valence-electron chi connectivity index (χ4n) is 1.73. The number of aryl methyl sites for hydroxylation is 1. The van der Waals surface area contributed by atoms with Crippen LogP contribution in [0.3, 0.4) is 0 Å². The number of carbonyl (C=O) groups excluding carboxylic acids is 1. The Morgan fingerprint density at radius 2 is 2.15 bits per heavy atom. The molecule has 2 rings (SSSR count).